The van der Waals surface area contributed by atoms with Crippen LogP contribution in [0, 0.1) is 0 Å². The van der Waals surface area contributed by atoms with Gasteiger partial charge in [-0.05, 0) is 0 Å². The molecular formula is C4H14N2O6P2+2. The fraction of sp³-hybridized carbons (Fsp3) is 1.00. The van der Waals surface area contributed by atoms with E-state index in [1.807, 2.05) is 0 Å². The molecule has 1 heterocycles. The average molecular weight is 248 g/mol. The maximum absolute atomic E-state index is 8.70. The number of hydrogen-bond donors (Lipinski definition) is 6. The molecule has 0 atom stereocenters. The van der Waals surface area contributed by atoms with E-state index in [0.717, 1.165) is 26.2 Å². The molecule has 0 bridgehead atoms. The van der Waals surface area contributed by atoms with Gasteiger partial charge < -0.3 is 10.6 Å². The minimum Gasteiger partial charge on any atom is -0.314 e. The average Bonchev–Trinajstić information content (AvgIpc) is 2.05. The molecule has 1 saturated heterocycles. The Morgan fingerprint density at radius 1 is 0.714 bits per heavy atom. The molecule has 1 aliphatic heterocycles. The quantitative estimate of drug-likeness (QED) is 0.283. The van der Waals surface area contributed by atoms with Crippen molar-refractivity contribution >= 4 is 16.5 Å². The highest BCUT2D eigenvalue weighted by Gasteiger charge is 1.93. The molecule has 1 fully saturated rings. The van der Waals surface area contributed by atoms with Gasteiger partial charge in [-0.15, -0.1) is 19.6 Å². The zero-order valence-electron chi connectivity index (χ0n) is 7.33. The third-order valence-electron chi connectivity index (χ3n) is 0.957. The van der Waals surface area contributed by atoms with Crippen LogP contribution in [-0.4, -0.2) is 45.8 Å². The summed E-state index contributed by atoms with van der Waals surface area (Å²) >= 11 is 0. The second kappa shape index (κ2) is 13.0. The maximum atomic E-state index is 8.70. The van der Waals surface area contributed by atoms with E-state index < -0.39 is 16.5 Å². The first-order valence-electron chi connectivity index (χ1n) is 3.58. The summed E-state index contributed by atoms with van der Waals surface area (Å²) in [5.41, 5.74) is 0. The lowest BCUT2D eigenvalue weighted by Gasteiger charge is -2.11. The lowest BCUT2D eigenvalue weighted by atomic mass is 10.4. The van der Waals surface area contributed by atoms with Gasteiger partial charge in [-0.3, -0.25) is 0 Å². The minimum atomic E-state index is -2.87. The second-order valence-electron chi connectivity index (χ2n) is 2.01. The molecule has 0 aromatic heterocycles. The zero-order valence-corrected chi connectivity index (χ0v) is 9.12. The van der Waals surface area contributed by atoms with Crippen LogP contribution in [0.3, 0.4) is 0 Å². The van der Waals surface area contributed by atoms with Gasteiger partial charge in [0.05, 0.1) is 0 Å². The molecular weight excluding hydrogens is 234 g/mol. The molecule has 0 aromatic rings. The van der Waals surface area contributed by atoms with E-state index in [-0.39, 0.29) is 0 Å². The number of nitrogens with one attached hydrogen (secondary N) is 2. The van der Waals surface area contributed by atoms with Crippen LogP contribution in [0.25, 0.3) is 0 Å². The lowest BCUT2D eigenvalue weighted by molar-refractivity contribution is 0.403. The van der Waals surface area contributed by atoms with Crippen molar-refractivity contribution in [2.45, 2.75) is 0 Å². The Labute approximate surface area is 82.9 Å². The van der Waals surface area contributed by atoms with Crippen molar-refractivity contribution in [3.8, 4) is 0 Å². The summed E-state index contributed by atoms with van der Waals surface area (Å²) in [7, 11) is -5.74. The Hall–Kier alpha value is -0.0400. The molecule has 0 aromatic carbocycles. The second-order valence-corrected chi connectivity index (χ2v) is 3.02. The van der Waals surface area contributed by atoms with Gasteiger partial charge in [-0.1, -0.05) is 0 Å². The van der Waals surface area contributed by atoms with Gasteiger partial charge in [0.2, 0.25) is 0 Å². The molecule has 8 nitrogen and oxygen atoms in total. The fourth-order valence-electron chi connectivity index (χ4n) is 0.604. The first kappa shape index (κ1) is 16.4. The summed E-state index contributed by atoms with van der Waals surface area (Å²) in [5.74, 6) is 0. The van der Waals surface area contributed by atoms with Crippen LogP contribution in [0.4, 0.5) is 0 Å². The highest BCUT2D eigenvalue weighted by Crippen LogP contribution is 1.98. The van der Waals surface area contributed by atoms with E-state index in [2.05, 4.69) is 10.6 Å². The zero-order chi connectivity index (χ0) is 11.4. The van der Waals surface area contributed by atoms with Crippen molar-refractivity contribution in [3.05, 3.63) is 0 Å². The fourth-order valence-corrected chi connectivity index (χ4v) is 0.604. The highest BCUT2D eigenvalue weighted by atomic mass is 31.1. The van der Waals surface area contributed by atoms with Crippen LogP contribution in [-0.2, 0) is 9.13 Å². The van der Waals surface area contributed by atoms with Crippen LogP contribution in [0.5, 0.6) is 0 Å². The largest absolute Gasteiger partial charge is 0.692 e. The molecule has 0 unspecified atom stereocenters. The van der Waals surface area contributed by atoms with E-state index >= 15 is 0 Å². The van der Waals surface area contributed by atoms with Gasteiger partial charge in [-0.25, -0.2) is 0 Å². The van der Waals surface area contributed by atoms with E-state index in [1.54, 1.807) is 0 Å². The van der Waals surface area contributed by atoms with Crippen molar-refractivity contribution in [1.82, 2.24) is 10.6 Å². The smallest absolute Gasteiger partial charge is 0.314 e. The Kier molecular flexibility index (Phi) is 15.2. The van der Waals surface area contributed by atoms with Crippen molar-refractivity contribution < 1.29 is 28.7 Å². The minimum absolute atomic E-state index is 1.14. The molecule has 0 amide bonds. The number of rotatable bonds is 0. The summed E-state index contributed by atoms with van der Waals surface area (Å²) in [5, 5.41) is 6.44. The van der Waals surface area contributed by atoms with E-state index in [0.29, 0.717) is 0 Å². The SMILES string of the molecule is C1CNCCN1.O=[P+](O)O.O=[P+](O)O. The van der Waals surface area contributed by atoms with Gasteiger partial charge in [0.1, 0.15) is 0 Å². The molecule has 0 spiro atoms. The normalized spacial score (nSPS) is 14.0. The van der Waals surface area contributed by atoms with Gasteiger partial charge in [0.15, 0.2) is 0 Å². The third kappa shape index (κ3) is 40.4. The molecule has 0 aliphatic carbocycles. The molecule has 84 valence electrons. The Morgan fingerprint density at radius 2 is 0.857 bits per heavy atom. The first-order chi connectivity index (χ1) is 6.46. The molecule has 1 rings (SSSR count). The Morgan fingerprint density at radius 3 is 0.929 bits per heavy atom. The van der Waals surface area contributed by atoms with E-state index in [4.69, 9.17) is 28.7 Å². The molecule has 10 heteroatoms. The number of hydrogen-bond acceptors (Lipinski definition) is 4. The molecule has 0 saturated carbocycles. The van der Waals surface area contributed by atoms with Crippen LogP contribution in [0.1, 0.15) is 0 Å². The summed E-state index contributed by atoms with van der Waals surface area (Å²) in [6.45, 7) is 4.56. The predicted octanol–water partition coefficient (Wildman–Crippen LogP) is -1.56. The van der Waals surface area contributed by atoms with E-state index in [9.17, 15) is 0 Å². The van der Waals surface area contributed by atoms with Crippen molar-refractivity contribution in [1.29, 1.82) is 0 Å². The van der Waals surface area contributed by atoms with E-state index in [1.165, 1.54) is 0 Å². The van der Waals surface area contributed by atoms with Crippen LogP contribution < -0.4 is 10.6 Å². The summed E-state index contributed by atoms with van der Waals surface area (Å²) in [6, 6.07) is 0. The molecule has 0 radical (unpaired) electrons. The van der Waals surface area contributed by atoms with Crippen molar-refractivity contribution in [3.63, 3.8) is 0 Å². The Bertz CT molecular complexity index is 132. The van der Waals surface area contributed by atoms with Crippen molar-refractivity contribution in [2.24, 2.45) is 0 Å². The lowest BCUT2D eigenvalue weighted by Crippen LogP contribution is -2.39. The van der Waals surface area contributed by atoms with Gasteiger partial charge >= 0.3 is 16.5 Å². The van der Waals surface area contributed by atoms with Crippen LogP contribution in [0.15, 0.2) is 0 Å². The van der Waals surface area contributed by atoms with Crippen LogP contribution >= 0.6 is 16.5 Å². The van der Waals surface area contributed by atoms with Gasteiger partial charge in [0.25, 0.3) is 0 Å². The number of piperazine rings is 1. The summed E-state index contributed by atoms with van der Waals surface area (Å²) < 4.78 is 17.4. The highest BCUT2D eigenvalue weighted by molar-refractivity contribution is 7.31. The maximum Gasteiger partial charge on any atom is 0.692 e. The van der Waals surface area contributed by atoms with Gasteiger partial charge in [0, 0.05) is 35.3 Å². The molecule has 6 N–H and O–H groups in total. The standard InChI is InChI=1S/C4H10N2.2HO3P/c1-2-6-4-3-5-1;2*1-4(2)3/h5-6H,1-4H2;2*(H-,1,2,3)/p+2. The van der Waals surface area contributed by atoms with Gasteiger partial charge in [-0.2, -0.15) is 0 Å². The summed E-state index contributed by atoms with van der Waals surface area (Å²) in [6.07, 6.45) is 0. The monoisotopic (exact) mass is 248 g/mol. The summed E-state index contributed by atoms with van der Waals surface area (Å²) in [4.78, 5) is 28.5. The topological polar surface area (TPSA) is 139 Å². The third-order valence-corrected chi connectivity index (χ3v) is 0.957. The van der Waals surface area contributed by atoms with Crippen molar-refractivity contribution in [2.75, 3.05) is 26.2 Å². The first-order valence-corrected chi connectivity index (χ1v) is 5.91. The molecule has 1 aliphatic rings. The Balaban J connectivity index is 0. The molecule has 14 heavy (non-hydrogen) atoms. The predicted molar refractivity (Wildman–Crippen MR) is 49.8 cm³/mol. The van der Waals surface area contributed by atoms with Crippen LogP contribution in [0.2, 0.25) is 0 Å².